The largest absolute Gasteiger partial charge is 0.372 e. The van der Waals surface area contributed by atoms with Gasteiger partial charge in [-0.05, 0) is 24.4 Å². The van der Waals surface area contributed by atoms with E-state index in [0.717, 1.165) is 31.1 Å². The Labute approximate surface area is 144 Å². The van der Waals surface area contributed by atoms with Crippen molar-refractivity contribution in [1.29, 1.82) is 0 Å². The third-order valence-corrected chi connectivity index (χ3v) is 5.05. The van der Waals surface area contributed by atoms with Crippen LogP contribution in [0.1, 0.15) is 18.9 Å². The van der Waals surface area contributed by atoms with Crippen molar-refractivity contribution >= 4 is 11.5 Å². The van der Waals surface area contributed by atoms with Gasteiger partial charge in [-0.15, -0.1) is 5.10 Å². The molecule has 2 atom stereocenters. The molecule has 1 aromatic carbocycles. The molecular formula is C19H27N5. The lowest BCUT2D eigenvalue weighted by Crippen LogP contribution is -2.50. The number of hydrogen-bond acceptors (Lipinski definition) is 5. The van der Waals surface area contributed by atoms with Gasteiger partial charge in [-0.25, -0.2) is 0 Å². The number of benzene rings is 1. The van der Waals surface area contributed by atoms with Crippen LogP contribution in [0.25, 0.3) is 0 Å². The fraction of sp³-hybridized carbons (Fsp3) is 0.474. The van der Waals surface area contributed by atoms with Gasteiger partial charge in [0.1, 0.15) is 5.82 Å². The zero-order valence-electron chi connectivity index (χ0n) is 14.8. The summed E-state index contributed by atoms with van der Waals surface area (Å²) in [5.41, 5.74) is 2.50. The van der Waals surface area contributed by atoms with Crippen LogP contribution in [0.4, 0.5) is 11.5 Å². The van der Waals surface area contributed by atoms with E-state index in [1.807, 2.05) is 13.2 Å². The molecule has 0 aliphatic carbocycles. The van der Waals surface area contributed by atoms with E-state index in [1.165, 1.54) is 12.0 Å². The van der Waals surface area contributed by atoms with Gasteiger partial charge in [-0.1, -0.05) is 37.3 Å². The van der Waals surface area contributed by atoms with Crippen molar-refractivity contribution in [3.63, 3.8) is 0 Å². The van der Waals surface area contributed by atoms with E-state index >= 15 is 0 Å². The molecule has 1 N–H and O–H groups in total. The zero-order chi connectivity index (χ0) is 16.9. The van der Waals surface area contributed by atoms with Crippen molar-refractivity contribution in [3.05, 3.63) is 48.2 Å². The summed E-state index contributed by atoms with van der Waals surface area (Å²) in [5.74, 6) is 1.47. The average molecular weight is 325 g/mol. The fourth-order valence-electron chi connectivity index (χ4n) is 3.47. The molecule has 5 nitrogen and oxygen atoms in total. The first kappa shape index (κ1) is 16.7. The molecule has 1 fully saturated rings. The molecule has 2 unspecified atom stereocenters. The van der Waals surface area contributed by atoms with Crippen LogP contribution in [0.15, 0.2) is 42.6 Å². The third kappa shape index (κ3) is 3.85. The maximum Gasteiger partial charge on any atom is 0.150 e. The molecule has 0 spiro atoms. The van der Waals surface area contributed by atoms with Gasteiger partial charge in [-0.3, -0.25) is 4.90 Å². The van der Waals surface area contributed by atoms with Gasteiger partial charge >= 0.3 is 0 Å². The summed E-state index contributed by atoms with van der Waals surface area (Å²) in [6.07, 6.45) is 3.07. The Balaban J connectivity index is 1.71. The molecule has 2 heterocycles. The van der Waals surface area contributed by atoms with E-state index < -0.39 is 0 Å². The van der Waals surface area contributed by atoms with Crippen LogP contribution >= 0.6 is 0 Å². The van der Waals surface area contributed by atoms with E-state index in [9.17, 15) is 0 Å². The highest BCUT2D eigenvalue weighted by atomic mass is 15.2. The van der Waals surface area contributed by atoms with Gasteiger partial charge in [0.15, 0.2) is 0 Å². The Morgan fingerprint density at radius 2 is 2.08 bits per heavy atom. The lowest BCUT2D eigenvalue weighted by molar-refractivity contribution is 0.159. The van der Waals surface area contributed by atoms with Crippen LogP contribution in [0.5, 0.6) is 0 Å². The molecule has 3 rings (SSSR count). The van der Waals surface area contributed by atoms with E-state index in [1.54, 1.807) is 0 Å². The molecule has 0 saturated carbocycles. The summed E-state index contributed by atoms with van der Waals surface area (Å²) >= 11 is 0. The monoisotopic (exact) mass is 325 g/mol. The Morgan fingerprint density at radius 3 is 2.83 bits per heavy atom. The highest BCUT2D eigenvalue weighted by Gasteiger charge is 2.29. The minimum absolute atomic E-state index is 0.483. The Hall–Kier alpha value is -2.14. The van der Waals surface area contributed by atoms with Crippen molar-refractivity contribution in [1.82, 2.24) is 15.1 Å². The first-order chi connectivity index (χ1) is 11.7. The van der Waals surface area contributed by atoms with E-state index in [-0.39, 0.29) is 0 Å². The second kappa shape index (κ2) is 7.62. The smallest absolute Gasteiger partial charge is 0.150 e. The van der Waals surface area contributed by atoms with E-state index in [2.05, 4.69) is 75.7 Å². The van der Waals surface area contributed by atoms with Crippen molar-refractivity contribution in [2.75, 3.05) is 37.4 Å². The number of nitrogens with one attached hydrogen (secondary N) is 1. The van der Waals surface area contributed by atoms with Crippen LogP contribution in [0, 0.1) is 5.92 Å². The van der Waals surface area contributed by atoms with E-state index in [4.69, 9.17) is 0 Å². The summed E-state index contributed by atoms with van der Waals surface area (Å²) in [6.45, 7) is 5.61. The highest BCUT2D eigenvalue weighted by molar-refractivity contribution is 5.52. The molecule has 0 amide bonds. The number of piperidine rings is 1. The molecule has 0 bridgehead atoms. The van der Waals surface area contributed by atoms with Crippen molar-refractivity contribution in [3.8, 4) is 0 Å². The minimum Gasteiger partial charge on any atom is -0.372 e. The van der Waals surface area contributed by atoms with Gasteiger partial charge in [-0.2, -0.15) is 5.10 Å². The molecule has 128 valence electrons. The number of hydrogen-bond donors (Lipinski definition) is 1. The van der Waals surface area contributed by atoms with Gasteiger partial charge in [0.05, 0.1) is 11.9 Å². The number of nitrogens with zero attached hydrogens (tertiary/aromatic N) is 4. The lowest BCUT2D eigenvalue weighted by atomic mass is 9.92. The number of likely N-dealkylation sites (N-methyl/N-ethyl adjacent to an activating group) is 1. The average Bonchev–Trinajstić information content (AvgIpc) is 2.63. The number of likely N-dealkylation sites (tertiary alicyclic amines) is 1. The predicted octanol–water partition coefficient (Wildman–Crippen LogP) is 2.87. The first-order valence-corrected chi connectivity index (χ1v) is 8.67. The van der Waals surface area contributed by atoms with Crippen molar-refractivity contribution in [2.45, 2.75) is 25.9 Å². The lowest BCUT2D eigenvalue weighted by Gasteiger charge is -2.42. The maximum absolute atomic E-state index is 4.12. The normalized spacial score (nSPS) is 21.5. The van der Waals surface area contributed by atoms with Crippen LogP contribution in [0.2, 0.25) is 0 Å². The molecule has 24 heavy (non-hydrogen) atoms. The molecule has 2 aromatic rings. The molecular weight excluding hydrogens is 298 g/mol. The standard InChI is InChI=1S/C19H27N5/c1-15-9-10-24(13-16-7-5-4-6-8-16)14-18(15)23(3)17-11-19(20-2)22-21-12-17/h4-8,11-12,15,18H,9-10,13-14H2,1-3H3,(H,20,22). The molecule has 1 aliphatic rings. The Kier molecular flexibility index (Phi) is 5.30. The summed E-state index contributed by atoms with van der Waals surface area (Å²) in [6, 6.07) is 13.3. The second-order valence-electron chi connectivity index (χ2n) is 6.71. The van der Waals surface area contributed by atoms with Gasteiger partial charge < -0.3 is 10.2 Å². The number of anilines is 2. The highest BCUT2D eigenvalue weighted by Crippen LogP contribution is 2.27. The van der Waals surface area contributed by atoms with Crippen LogP contribution < -0.4 is 10.2 Å². The van der Waals surface area contributed by atoms with Crippen LogP contribution in [-0.2, 0) is 6.54 Å². The summed E-state index contributed by atoms with van der Waals surface area (Å²) in [5, 5.41) is 11.3. The van der Waals surface area contributed by atoms with Crippen molar-refractivity contribution < 1.29 is 0 Å². The third-order valence-electron chi connectivity index (χ3n) is 5.05. The molecule has 1 saturated heterocycles. The number of aromatic nitrogens is 2. The molecule has 5 heteroatoms. The fourth-order valence-corrected chi connectivity index (χ4v) is 3.47. The second-order valence-corrected chi connectivity index (χ2v) is 6.71. The number of rotatable bonds is 5. The molecule has 1 aromatic heterocycles. The SMILES string of the molecule is CNc1cc(N(C)C2CN(Cc3ccccc3)CCC2C)cnn1. The summed E-state index contributed by atoms with van der Waals surface area (Å²) in [4.78, 5) is 4.92. The zero-order valence-corrected chi connectivity index (χ0v) is 14.8. The van der Waals surface area contributed by atoms with Crippen LogP contribution in [-0.4, -0.2) is 48.3 Å². The summed E-state index contributed by atoms with van der Waals surface area (Å²) in [7, 11) is 4.04. The van der Waals surface area contributed by atoms with Gasteiger partial charge in [0.25, 0.3) is 0 Å². The Morgan fingerprint density at radius 1 is 1.29 bits per heavy atom. The predicted molar refractivity (Wildman–Crippen MR) is 99.3 cm³/mol. The minimum atomic E-state index is 0.483. The topological polar surface area (TPSA) is 44.3 Å². The van der Waals surface area contributed by atoms with Gasteiger partial charge in [0.2, 0.25) is 0 Å². The quantitative estimate of drug-likeness (QED) is 0.916. The Bertz CT molecular complexity index is 645. The first-order valence-electron chi connectivity index (χ1n) is 8.67. The van der Waals surface area contributed by atoms with Gasteiger partial charge in [0, 0.05) is 39.3 Å². The van der Waals surface area contributed by atoms with Crippen molar-refractivity contribution in [2.24, 2.45) is 5.92 Å². The molecule has 0 radical (unpaired) electrons. The summed E-state index contributed by atoms with van der Waals surface area (Å²) < 4.78 is 0. The maximum atomic E-state index is 4.12. The molecule has 1 aliphatic heterocycles. The van der Waals surface area contributed by atoms with Crippen LogP contribution in [0.3, 0.4) is 0 Å². The van der Waals surface area contributed by atoms with E-state index in [0.29, 0.717) is 12.0 Å².